The highest BCUT2D eigenvalue weighted by molar-refractivity contribution is 7.89. The number of nitrogens with one attached hydrogen (secondary N) is 1. The van der Waals surface area contributed by atoms with Gasteiger partial charge in [-0.25, -0.2) is 12.7 Å². The molecular formula is C13H26N2O3S. The van der Waals surface area contributed by atoms with E-state index in [1.807, 2.05) is 6.92 Å². The normalized spacial score (nSPS) is 33.1. The van der Waals surface area contributed by atoms with Gasteiger partial charge in [-0.1, -0.05) is 19.8 Å². The van der Waals surface area contributed by atoms with Crippen LogP contribution in [0, 0.1) is 5.92 Å². The van der Waals surface area contributed by atoms with Gasteiger partial charge in [0.1, 0.15) is 0 Å². The van der Waals surface area contributed by atoms with Crippen molar-refractivity contribution < 1.29 is 13.5 Å². The van der Waals surface area contributed by atoms with Crippen LogP contribution >= 0.6 is 0 Å². The summed E-state index contributed by atoms with van der Waals surface area (Å²) < 4.78 is 26.1. The number of hydrogen-bond donors (Lipinski definition) is 2. The number of nitrogens with zero attached hydrogens (tertiary/aromatic N) is 1. The topological polar surface area (TPSA) is 69.6 Å². The van der Waals surface area contributed by atoms with E-state index in [0.717, 1.165) is 32.2 Å². The van der Waals surface area contributed by atoms with Gasteiger partial charge in [-0.15, -0.1) is 0 Å². The number of piperidine rings is 1. The van der Waals surface area contributed by atoms with Gasteiger partial charge >= 0.3 is 0 Å². The summed E-state index contributed by atoms with van der Waals surface area (Å²) in [6.45, 7) is 4.24. The molecule has 1 aliphatic carbocycles. The molecule has 6 heteroatoms. The molecule has 0 aromatic carbocycles. The molecule has 0 spiro atoms. The fraction of sp³-hybridized carbons (Fsp3) is 1.00. The van der Waals surface area contributed by atoms with Gasteiger partial charge in [-0.2, -0.15) is 0 Å². The second kappa shape index (κ2) is 6.08. The minimum atomic E-state index is -3.17. The molecule has 112 valence electrons. The van der Waals surface area contributed by atoms with E-state index >= 15 is 0 Å². The van der Waals surface area contributed by atoms with E-state index < -0.39 is 15.6 Å². The smallest absolute Gasteiger partial charge is 0.215 e. The summed E-state index contributed by atoms with van der Waals surface area (Å²) in [7, 11) is -3.17. The molecule has 1 aliphatic heterocycles. The zero-order chi connectivity index (χ0) is 13.9. The molecule has 0 amide bonds. The van der Waals surface area contributed by atoms with E-state index in [-0.39, 0.29) is 11.7 Å². The second-order valence-electron chi connectivity index (χ2n) is 5.82. The fourth-order valence-electron chi connectivity index (χ4n) is 3.30. The van der Waals surface area contributed by atoms with E-state index in [1.165, 1.54) is 0 Å². The minimum absolute atomic E-state index is 0.129. The average molecular weight is 290 g/mol. The molecule has 0 radical (unpaired) electrons. The van der Waals surface area contributed by atoms with E-state index in [2.05, 4.69) is 5.32 Å². The van der Waals surface area contributed by atoms with Crippen molar-refractivity contribution in [3.8, 4) is 0 Å². The Hall–Kier alpha value is -0.170. The van der Waals surface area contributed by atoms with Gasteiger partial charge in [0.05, 0.1) is 11.4 Å². The van der Waals surface area contributed by atoms with E-state index in [9.17, 15) is 13.5 Å². The Morgan fingerprint density at radius 3 is 2.89 bits per heavy atom. The first-order valence-corrected chi connectivity index (χ1v) is 9.00. The zero-order valence-corrected chi connectivity index (χ0v) is 12.6. The summed E-state index contributed by atoms with van der Waals surface area (Å²) in [5.41, 5.74) is -0.605. The molecular weight excluding hydrogens is 264 g/mol. The van der Waals surface area contributed by atoms with Crippen molar-refractivity contribution in [3.63, 3.8) is 0 Å². The van der Waals surface area contributed by atoms with Crippen LogP contribution in [-0.4, -0.2) is 55.4 Å². The minimum Gasteiger partial charge on any atom is -0.390 e. The van der Waals surface area contributed by atoms with Crippen molar-refractivity contribution in [3.05, 3.63) is 0 Å². The lowest BCUT2D eigenvalue weighted by Crippen LogP contribution is -2.55. The van der Waals surface area contributed by atoms with Crippen LogP contribution in [0.2, 0.25) is 0 Å². The number of rotatable bonds is 5. The predicted molar refractivity (Wildman–Crippen MR) is 75.4 cm³/mol. The van der Waals surface area contributed by atoms with Gasteiger partial charge in [-0.3, -0.25) is 0 Å². The van der Waals surface area contributed by atoms with Gasteiger partial charge in [0.15, 0.2) is 0 Å². The lowest BCUT2D eigenvalue weighted by Gasteiger charge is -2.46. The Morgan fingerprint density at radius 1 is 1.37 bits per heavy atom. The van der Waals surface area contributed by atoms with Crippen LogP contribution in [-0.2, 0) is 10.0 Å². The molecule has 1 saturated carbocycles. The van der Waals surface area contributed by atoms with Gasteiger partial charge in [-0.05, 0) is 25.8 Å². The number of aliphatic hydroxyl groups is 1. The van der Waals surface area contributed by atoms with Gasteiger partial charge in [0.2, 0.25) is 10.0 Å². The Kier molecular flexibility index (Phi) is 4.87. The fourth-order valence-corrected chi connectivity index (χ4v) is 4.74. The van der Waals surface area contributed by atoms with Crippen LogP contribution in [0.25, 0.3) is 0 Å². The summed E-state index contributed by atoms with van der Waals surface area (Å²) >= 11 is 0. The molecule has 5 nitrogen and oxygen atoms in total. The van der Waals surface area contributed by atoms with Crippen LogP contribution in [0.3, 0.4) is 0 Å². The molecule has 19 heavy (non-hydrogen) atoms. The van der Waals surface area contributed by atoms with Crippen molar-refractivity contribution in [2.75, 3.05) is 31.9 Å². The van der Waals surface area contributed by atoms with Gasteiger partial charge in [0, 0.05) is 25.6 Å². The molecule has 2 rings (SSSR count). The third-order valence-electron chi connectivity index (χ3n) is 4.57. The maximum atomic E-state index is 12.2. The van der Waals surface area contributed by atoms with Crippen LogP contribution in [0.4, 0.5) is 0 Å². The van der Waals surface area contributed by atoms with Crippen molar-refractivity contribution >= 4 is 10.0 Å². The lowest BCUT2D eigenvalue weighted by atomic mass is 9.72. The van der Waals surface area contributed by atoms with Crippen LogP contribution in [0.5, 0.6) is 0 Å². The molecule has 1 saturated heterocycles. The molecule has 2 unspecified atom stereocenters. The van der Waals surface area contributed by atoms with E-state index in [0.29, 0.717) is 26.1 Å². The van der Waals surface area contributed by atoms with Crippen molar-refractivity contribution in [2.45, 2.75) is 44.6 Å². The summed E-state index contributed by atoms with van der Waals surface area (Å²) in [6.07, 6.45) is 4.56. The molecule has 0 aromatic heterocycles. The maximum Gasteiger partial charge on any atom is 0.215 e. The quantitative estimate of drug-likeness (QED) is 0.726. The maximum absolute atomic E-state index is 12.2. The molecule has 1 heterocycles. The summed E-state index contributed by atoms with van der Waals surface area (Å²) in [4.78, 5) is 0. The highest BCUT2D eigenvalue weighted by atomic mass is 32.2. The largest absolute Gasteiger partial charge is 0.390 e. The highest BCUT2D eigenvalue weighted by Gasteiger charge is 2.44. The van der Waals surface area contributed by atoms with Crippen LogP contribution in [0.1, 0.15) is 39.0 Å². The van der Waals surface area contributed by atoms with Crippen LogP contribution in [0.15, 0.2) is 0 Å². The van der Waals surface area contributed by atoms with Crippen LogP contribution < -0.4 is 5.32 Å². The molecule has 2 atom stereocenters. The highest BCUT2D eigenvalue weighted by Crippen LogP contribution is 2.40. The number of hydrogen-bond acceptors (Lipinski definition) is 4. The van der Waals surface area contributed by atoms with E-state index in [4.69, 9.17) is 0 Å². The van der Waals surface area contributed by atoms with Gasteiger partial charge < -0.3 is 10.4 Å². The Labute approximate surface area is 116 Å². The Morgan fingerprint density at radius 2 is 2.16 bits per heavy atom. The molecule has 0 bridgehead atoms. The van der Waals surface area contributed by atoms with Crippen molar-refractivity contribution in [1.82, 2.24) is 9.62 Å². The average Bonchev–Trinajstić information content (AvgIpc) is 2.37. The molecule has 0 aromatic rings. The summed E-state index contributed by atoms with van der Waals surface area (Å²) in [6, 6.07) is 0. The van der Waals surface area contributed by atoms with E-state index in [1.54, 1.807) is 4.31 Å². The Balaban J connectivity index is 1.96. The molecule has 2 fully saturated rings. The molecule has 2 N–H and O–H groups in total. The number of fused-ring (bicyclic) bond motifs is 1. The number of sulfonamides is 1. The third-order valence-corrected chi connectivity index (χ3v) is 6.41. The first-order chi connectivity index (χ1) is 8.98. The van der Waals surface area contributed by atoms with Crippen molar-refractivity contribution in [2.24, 2.45) is 5.92 Å². The molecule has 2 aliphatic rings. The Bertz CT molecular complexity index is 399. The predicted octanol–water partition coefficient (Wildman–Crippen LogP) is 0.553. The van der Waals surface area contributed by atoms with Gasteiger partial charge in [0.25, 0.3) is 0 Å². The monoisotopic (exact) mass is 290 g/mol. The summed E-state index contributed by atoms with van der Waals surface area (Å²) in [5.74, 6) is 0.287. The van der Waals surface area contributed by atoms with Crippen molar-refractivity contribution in [1.29, 1.82) is 0 Å². The first-order valence-electron chi connectivity index (χ1n) is 7.39. The SMILES string of the molecule is CCNCCS(=O)(=O)N1CCC2(O)CCCCC2C1. The third kappa shape index (κ3) is 3.48. The first kappa shape index (κ1) is 15.2. The summed E-state index contributed by atoms with van der Waals surface area (Å²) in [5, 5.41) is 13.6. The zero-order valence-electron chi connectivity index (χ0n) is 11.8. The lowest BCUT2D eigenvalue weighted by molar-refractivity contribution is -0.0816. The second-order valence-corrected chi connectivity index (χ2v) is 7.91. The standard InChI is InChI=1S/C13H26N2O3S/c1-2-14-8-10-19(17,18)15-9-7-13(16)6-4-3-5-12(13)11-15/h12,14,16H,2-11H2,1H3.